The summed E-state index contributed by atoms with van der Waals surface area (Å²) < 4.78 is 21.1. The van der Waals surface area contributed by atoms with Crippen molar-refractivity contribution in [2.24, 2.45) is 0 Å². The molecule has 0 atom stereocenters. The van der Waals surface area contributed by atoms with Gasteiger partial charge in [-0.25, -0.2) is 9.78 Å². The summed E-state index contributed by atoms with van der Waals surface area (Å²) in [4.78, 5) is 28.7. The van der Waals surface area contributed by atoms with Gasteiger partial charge in [-0.3, -0.25) is 10.1 Å². The summed E-state index contributed by atoms with van der Waals surface area (Å²) in [6.45, 7) is 0.457. The Morgan fingerprint density at radius 2 is 1.87 bits per heavy atom. The van der Waals surface area contributed by atoms with Crippen molar-refractivity contribution in [3.8, 4) is 28.5 Å². The Morgan fingerprint density at radius 3 is 2.63 bits per heavy atom. The number of hydrogen-bond acceptors (Lipinski definition) is 8. The van der Waals surface area contributed by atoms with Crippen LogP contribution in [0.2, 0.25) is 0 Å². The molecule has 1 amide bonds. The third kappa shape index (κ3) is 4.52. The van der Waals surface area contributed by atoms with Crippen LogP contribution in [0.4, 0.5) is 5.13 Å². The van der Waals surface area contributed by atoms with Gasteiger partial charge in [-0.15, -0.1) is 11.3 Å². The first-order chi connectivity index (χ1) is 14.6. The number of nitrogens with zero attached hydrogens (tertiary/aromatic N) is 1. The van der Waals surface area contributed by atoms with Crippen LogP contribution in [0.25, 0.3) is 11.3 Å². The minimum Gasteiger partial charge on any atom is -0.497 e. The highest BCUT2D eigenvalue weighted by atomic mass is 32.1. The van der Waals surface area contributed by atoms with E-state index in [2.05, 4.69) is 10.3 Å². The van der Waals surface area contributed by atoms with Crippen LogP contribution in [-0.4, -0.2) is 43.8 Å². The molecule has 0 spiro atoms. The van der Waals surface area contributed by atoms with Gasteiger partial charge in [-0.05, 0) is 42.5 Å². The van der Waals surface area contributed by atoms with Crippen molar-refractivity contribution >= 4 is 28.3 Å². The van der Waals surface area contributed by atoms with Crippen molar-refractivity contribution in [2.45, 2.75) is 0 Å². The number of esters is 1. The van der Waals surface area contributed by atoms with Gasteiger partial charge in [0.25, 0.3) is 5.91 Å². The lowest BCUT2D eigenvalue weighted by atomic mass is 10.2. The summed E-state index contributed by atoms with van der Waals surface area (Å²) in [7, 11) is 1.60. The van der Waals surface area contributed by atoms with Crippen molar-refractivity contribution in [3.05, 3.63) is 53.4 Å². The van der Waals surface area contributed by atoms with Gasteiger partial charge in [-0.1, -0.05) is 0 Å². The second-order valence-corrected chi connectivity index (χ2v) is 7.11. The maximum atomic E-state index is 12.2. The summed E-state index contributed by atoms with van der Waals surface area (Å²) in [5.74, 6) is 0.708. The number of fused-ring (bicyclic) bond motifs is 1. The van der Waals surface area contributed by atoms with Gasteiger partial charge < -0.3 is 18.9 Å². The largest absolute Gasteiger partial charge is 0.497 e. The van der Waals surface area contributed by atoms with Gasteiger partial charge in [0.1, 0.15) is 19.0 Å². The second-order valence-electron chi connectivity index (χ2n) is 6.25. The van der Waals surface area contributed by atoms with Crippen molar-refractivity contribution < 1.29 is 28.5 Å². The summed E-state index contributed by atoms with van der Waals surface area (Å²) in [5.41, 5.74) is 1.91. The van der Waals surface area contributed by atoms with Crippen LogP contribution in [-0.2, 0) is 9.53 Å². The number of carbonyl (C=O) groups is 2. The number of amides is 1. The zero-order valence-corrected chi connectivity index (χ0v) is 16.9. The average molecular weight is 426 g/mol. The minimum atomic E-state index is -0.625. The highest BCUT2D eigenvalue weighted by Gasteiger charge is 2.17. The predicted octanol–water partition coefficient (Wildman–Crippen LogP) is 3.39. The number of aromatic nitrogens is 1. The molecule has 4 rings (SSSR count). The molecule has 0 saturated carbocycles. The van der Waals surface area contributed by atoms with E-state index in [1.807, 2.05) is 29.6 Å². The Hall–Kier alpha value is -3.59. The molecule has 9 heteroatoms. The molecular formula is C21H18N2O6S. The van der Waals surface area contributed by atoms with Crippen molar-refractivity contribution in [1.82, 2.24) is 4.98 Å². The van der Waals surface area contributed by atoms with Crippen molar-refractivity contribution in [3.63, 3.8) is 0 Å². The van der Waals surface area contributed by atoms with E-state index in [-0.39, 0.29) is 5.56 Å². The maximum Gasteiger partial charge on any atom is 0.338 e. The van der Waals surface area contributed by atoms with Gasteiger partial charge in [0, 0.05) is 10.9 Å². The normalized spacial score (nSPS) is 12.2. The smallest absolute Gasteiger partial charge is 0.338 e. The van der Waals surface area contributed by atoms with Crippen LogP contribution in [0.1, 0.15) is 10.4 Å². The van der Waals surface area contributed by atoms with E-state index < -0.39 is 18.5 Å². The third-order valence-electron chi connectivity index (χ3n) is 4.25. The lowest BCUT2D eigenvalue weighted by molar-refractivity contribution is -0.119. The lowest BCUT2D eigenvalue weighted by Gasteiger charge is -2.18. The standard InChI is InChI=1S/C21H18N2O6S/c1-26-15-5-2-13(3-6-15)16-12-30-21(22-16)23-19(24)11-29-20(25)14-4-7-17-18(10-14)28-9-8-27-17/h2-7,10,12H,8-9,11H2,1H3,(H,22,23,24). The Labute approximate surface area is 176 Å². The lowest BCUT2D eigenvalue weighted by Crippen LogP contribution is -2.21. The molecule has 1 aromatic heterocycles. The Kier molecular flexibility index (Phi) is 5.80. The Bertz CT molecular complexity index is 1060. The van der Waals surface area contributed by atoms with Gasteiger partial charge in [0.15, 0.2) is 23.2 Å². The van der Waals surface area contributed by atoms with Crippen LogP contribution in [0, 0.1) is 0 Å². The number of ether oxygens (including phenoxy) is 4. The minimum absolute atomic E-state index is 0.281. The molecule has 0 saturated heterocycles. The fourth-order valence-electron chi connectivity index (χ4n) is 2.77. The molecule has 0 fully saturated rings. The molecule has 1 N–H and O–H groups in total. The number of thiazole rings is 1. The molecule has 30 heavy (non-hydrogen) atoms. The first-order valence-corrected chi connectivity index (χ1v) is 9.97. The Morgan fingerprint density at radius 1 is 1.10 bits per heavy atom. The van der Waals surface area contributed by atoms with E-state index in [1.54, 1.807) is 19.2 Å². The zero-order chi connectivity index (χ0) is 20.9. The zero-order valence-electron chi connectivity index (χ0n) is 16.0. The molecule has 2 aromatic carbocycles. The van der Waals surface area contributed by atoms with Gasteiger partial charge in [0.05, 0.1) is 18.4 Å². The highest BCUT2D eigenvalue weighted by molar-refractivity contribution is 7.14. The summed E-state index contributed by atoms with van der Waals surface area (Å²) in [5, 5.41) is 4.88. The molecule has 1 aliphatic rings. The van der Waals surface area contributed by atoms with E-state index >= 15 is 0 Å². The van der Waals surface area contributed by atoms with Crippen molar-refractivity contribution in [2.75, 3.05) is 32.2 Å². The number of hydrogen-bond donors (Lipinski definition) is 1. The number of rotatable bonds is 6. The first-order valence-electron chi connectivity index (χ1n) is 9.09. The predicted molar refractivity (Wildman–Crippen MR) is 110 cm³/mol. The quantitative estimate of drug-likeness (QED) is 0.604. The molecule has 8 nitrogen and oxygen atoms in total. The molecule has 0 bridgehead atoms. The number of anilines is 1. The maximum absolute atomic E-state index is 12.2. The topological polar surface area (TPSA) is 96.0 Å². The van der Waals surface area contributed by atoms with Crippen LogP contribution in [0.5, 0.6) is 17.2 Å². The van der Waals surface area contributed by atoms with Gasteiger partial charge >= 0.3 is 5.97 Å². The molecule has 3 aromatic rings. The fraction of sp³-hybridized carbons (Fsp3) is 0.190. The van der Waals surface area contributed by atoms with Crippen LogP contribution >= 0.6 is 11.3 Å². The monoisotopic (exact) mass is 426 g/mol. The molecule has 154 valence electrons. The number of carbonyl (C=O) groups excluding carboxylic acids is 2. The van der Waals surface area contributed by atoms with Gasteiger partial charge in [0.2, 0.25) is 0 Å². The molecule has 0 radical (unpaired) electrons. The average Bonchev–Trinajstić information content (AvgIpc) is 3.25. The molecule has 1 aliphatic heterocycles. The third-order valence-corrected chi connectivity index (χ3v) is 5.01. The summed E-state index contributed by atoms with van der Waals surface area (Å²) in [6.07, 6.45) is 0. The molecule has 0 aliphatic carbocycles. The number of nitrogens with one attached hydrogen (secondary N) is 1. The first kappa shape index (κ1) is 19.7. The highest BCUT2D eigenvalue weighted by Crippen LogP contribution is 2.31. The van der Waals surface area contributed by atoms with E-state index in [0.29, 0.717) is 29.8 Å². The molecular weight excluding hydrogens is 408 g/mol. The molecule has 2 heterocycles. The number of benzene rings is 2. The van der Waals surface area contributed by atoms with Gasteiger partial charge in [-0.2, -0.15) is 0 Å². The van der Waals surface area contributed by atoms with Crippen LogP contribution < -0.4 is 19.5 Å². The van der Waals surface area contributed by atoms with Crippen molar-refractivity contribution in [1.29, 1.82) is 0 Å². The number of methoxy groups -OCH3 is 1. The summed E-state index contributed by atoms with van der Waals surface area (Å²) in [6, 6.07) is 12.2. The van der Waals surface area contributed by atoms with Crippen LogP contribution in [0.15, 0.2) is 47.8 Å². The fourth-order valence-corrected chi connectivity index (χ4v) is 3.50. The van der Waals surface area contributed by atoms with E-state index in [1.165, 1.54) is 17.4 Å². The van der Waals surface area contributed by atoms with E-state index in [0.717, 1.165) is 17.0 Å². The SMILES string of the molecule is COc1ccc(-c2csc(NC(=O)COC(=O)c3ccc4c(c3)OCCO4)n2)cc1. The molecule has 0 unspecified atom stereocenters. The van der Waals surface area contributed by atoms with Crippen LogP contribution in [0.3, 0.4) is 0 Å². The Balaban J connectivity index is 1.31. The van der Waals surface area contributed by atoms with E-state index in [9.17, 15) is 9.59 Å². The second kappa shape index (κ2) is 8.83. The summed E-state index contributed by atoms with van der Waals surface area (Å²) >= 11 is 1.28. The van der Waals surface area contributed by atoms with E-state index in [4.69, 9.17) is 18.9 Å².